The van der Waals surface area contributed by atoms with Gasteiger partial charge in [-0.05, 0) is 133 Å². The van der Waals surface area contributed by atoms with Crippen LogP contribution in [0.2, 0.25) is 0 Å². The third-order valence-corrected chi connectivity index (χ3v) is 27.1. The quantitative estimate of drug-likeness (QED) is 0.0134. The first-order valence-electron chi connectivity index (χ1n) is 38.2. The zero-order valence-electron chi connectivity index (χ0n) is 62.7. The number of aliphatic hydroxyl groups excluding tert-OH is 1. The van der Waals surface area contributed by atoms with E-state index in [9.17, 15) is 57.3 Å². The van der Waals surface area contributed by atoms with E-state index >= 15 is 0 Å². The Balaban J connectivity index is 0.573. The number of aliphatic hydroxyl groups is 1. The second-order valence-corrected chi connectivity index (χ2v) is 37.3. The van der Waals surface area contributed by atoms with E-state index in [4.69, 9.17) is 61.7 Å². The molecule has 0 amide bonds. The van der Waals surface area contributed by atoms with E-state index in [0.717, 1.165) is 108 Å². The van der Waals surface area contributed by atoms with Gasteiger partial charge in [-0.15, -0.1) is 0 Å². The molecule has 17 atom stereocenters. The summed E-state index contributed by atoms with van der Waals surface area (Å²) in [5, 5.41) is 28.3. The van der Waals surface area contributed by atoms with Crippen molar-refractivity contribution >= 4 is 173 Å². The first-order valence-corrected chi connectivity index (χ1v) is 45.7. The Morgan fingerprint density at radius 1 is 0.390 bits per heavy atom. The maximum atomic E-state index is 14.7. The van der Waals surface area contributed by atoms with Crippen molar-refractivity contribution in [3.05, 3.63) is 180 Å². The molecule has 614 valence electrons. The predicted octanol–water partition coefficient (Wildman–Crippen LogP) is 11.7. The Labute approximate surface area is 672 Å². The van der Waals surface area contributed by atoms with Gasteiger partial charge in [-0.25, -0.2) is 42.8 Å². The van der Waals surface area contributed by atoms with Gasteiger partial charge in [-0.3, -0.25) is 50.7 Å². The van der Waals surface area contributed by atoms with Crippen molar-refractivity contribution in [2.75, 3.05) is 52.9 Å². The highest BCUT2D eigenvalue weighted by atomic mass is 31.2. The predicted molar refractivity (Wildman–Crippen MR) is 444 cm³/mol. The van der Waals surface area contributed by atoms with Crippen LogP contribution in [-0.4, -0.2) is 195 Å². The fourth-order valence-electron chi connectivity index (χ4n) is 17.1. The summed E-state index contributed by atoms with van der Waals surface area (Å²) in [7, 11) is -26.0. The van der Waals surface area contributed by atoms with Crippen LogP contribution in [0, 0.1) is 17.8 Å². The summed E-state index contributed by atoms with van der Waals surface area (Å²) < 4.78 is 134. The van der Waals surface area contributed by atoms with Crippen LogP contribution in [0.4, 0.5) is 0 Å². The van der Waals surface area contributed by atoms with Crippen LogP contribution in [-0.2, 0) is 92.3 Å². The number of benzene rings is 12. The van der Waals surface area contributed by atoms with Crippen molar-refractivity contribution < 1.29 is 107 Å². The number of rotatable bonds is 34. The average molecular weight is 1710 g/mol. The molecule has 33 nitrogen and oxygen atoms in total. The molecule has 18 rings (SSSR count). The Hall–Kier alpha value is -8.59. The summed E-state index contributed by atoms with van der Waals surface area (Å²) in [6.45, 7) is -5.06. The van der Waals surface area contributed by atoms with E-state index in [1.807, 2.05) is 152 Å². The van der Waals surface area contributed by atoms with Gasteiger partial charge >= 0.3 is 39.1 Å². The summed E-state index contributed by atoms with van der Waals surface area (Å²) in [5.74, 6) is -2.42. The van der Waals surface area contributed by atoms with Gasteiger partial charge < -0.3 is 65.2 Å². The third kappa shape index (κ3) is 16.6. The molecule has 0 radical (unpaired) electrons. The Kier molecular flexibility index (Phi) is 22.1. The second kappa shape index (κ2) is 32.4. The molecule has 0 aliphatic carbocycles. The number of fused-ring (bicyclic) bond motifs is 2. The molecular formula is C80H81N10O23P5. The topological polar surface area (TPSA) is 461 Å². The van der Waals surface area contributed by atoms with E-state index < -0.39 is 171 Å². The summed E-state index contributed by atoms with van der Waals surface area (Å²) in [6, 6.07) is 52.1. The lowest BCUT2D eigenvalue weighted by atomic mass is 9.89. The molecule has 11 N–H and O–H groups in total. The van der Waals surface area contributed by atoms with Crippen LogP contribution < -0.4 is 11.5 Å². The Morgan fingerprint density at radius 3 is 1.06 bits per heavy atom. The number of amidine groups is 2. The number of nitrogens with zero attached hydrogens (tertiary/aromatic N) is 8. The highest BCUT2D eigenvalue weighted by molar-refractivity contribution is 7.48. The highest BCUT2D eigenvalue weighted by Crippen LogP contribution is 2.54. The minimum absolute atomic E-state index is 0.0262. The Morgan fingerprint density at radius 2 is 0.703 bits per heavy atom. The fraction of sp³-hybridized carbons (Fsp3) is 0.325. The number of nitrogens with two attached hydrogens (primary N) is 2. The molecule has 6 aliphatic rings. The number of hydrogen-bond acceptors (Lipinski definition) is 27. The monoisotopic (exact) mass is 1700 g/mol. The van der Waals surface area contributed by atoms with Crippen molar-refractivity contribution in [2.24, 2.45) is 59.2 Å². The van der Waals surface area contributed by atoms with Crippen LogP contribution in [0.3, 0.4) is 0 Å². The first kappa shape index (κ1) is 80.5. The lowest BCUT2D eigenvalue weighted by molar-refractivity contribution is -0.0642. The molecule has 38 heteroatoms. The van der Waals surface area contributed by atoms with Gasteiger partial charge in [0.1, 0.15) is 73.3 Å². The summed E-state index contributed by atoms with van der Waals surface area (Å²) in [4.78, 5) is 95.6. The van der Waals surface area contributed by atoms with Crippen molar-refractivity contribution in [3.63, 3.8) is 0 Å². The van der Waals surface area contributed by atoms with Crippen molar-refractivity contribution in [1.82, 2.24) is 9.80 Å². The minimum Gasteiger partial charge on any atom is -0.396 e. The zero-order chi connectivity index (χ0) is 81.6. The number of hydrogen-bond donors (Lipinski definition) is 9. The van der Waals surface area contributed by atoms with E-state index in [1.54, 1.807) is 9.80 Å². The van der Waals surface area contributed by atoms with Gasteiger partial charge in [0.2, 0.25) is 0 Å². The van der Waals surface area contributed by atoms with E-state index in [1.165, 1.54) is 25.4 Å². The van der Waals surface area contributed by atoms with Gasteiger partial charge in [0, 0.05) is 37.2 Å². The minimum atomic E-state index is -5.32. The van der Waals surface area contributed by atoms with E-state index in [0.29, 0.717) is 5.56 Å². The molecule has 6 aliphatic heterocycles. The van der Waals surface area contributed by atoms with Gasteiger partial charge in [-0.2, -0.15) is 0 Å². The van der Waals surface area contributed by atoms with Crippen LogP contribution in [0.1, 0.15) is 29.5 Å². The molecule has 12 aromatic rings. The molecule has 2 fully saturated rings. The number of aliphatic imine (C=N–C) groups is 6. The average Bonchev–Trinajstić information content (AvgIpc) is 1.06. The first-order chi connectivity index (χ1) is 56.7. The molecule has 0 bridgehead atoms. The van der Waals surface area contributed by atoms with Crippen molar-refractivity contribution in [2.45, 2.75) is 93.4 Å². The zero-order valence-corrected chi connectivity index (χ0v) is 67.2. The van der Waals surface area contributed by atoms with Gasteiger partial charge in [-0.1, -0.05) is 164 Å². The summed E-state index contributed by atoms with van der Waals surface area (Å²) in [6.07, 6.45) is -4.23. The maximum Gasteiger partial charge on any atom is 0.472 e. The van der Waals surface area contributed by atoms with Gasteiger partial charge in [0.15, 0.2) is 12.3 Å². The van der Waals surface area contributed by atoms with Crippen LogP contribution in [0.25, 0.3) is 97.0 Å². The Bertz CT molecular complexity index is 6250. The lowest BCUT2D eigenvalue weighted by Crippen LogP contribution is -2.47. The van der Waals surface area contributed by atoms with E-state index in [-0.39, 0.29) is 43.8 Å². The number of phosphoric acid groups is 5. The maximum absolute atomic E-state index is 14.7. The second-order valence-electron chi connectivity index (χ2n) is 30.4. The van der Waals surface area contributed by atoms with E-state index in [2.05, 4.69) is 42.1 Å². The van der Waals surface area contributed by atoms with Crippen molar-refractivity contribution in [3.8, 4) is 0 Å². The molecule has 17 unspecified atom stereocenters. The summed E-state index contributed by atoms with van der Waals surface area (Å²) >= 11 is 0. The highest BCUT2D eigenvalue weighted by Gasteiger charge is 2.51. The van der Waals surface area contributed by atoms with Crippen LogP contribution in [0.15, 0.2) is 194 Å². The molecule has 12 aromatic carbocycles. The molecular weight excluding hydrogens is 1620 g/mol. The molecule has 118 heavy (non-hydrogen) atoms. The lowest BCUT2D eigenvalue weighted by Gasteiger charge is -2.30. The van der Waals surface area contributed by atoms with Crippen molar-refractivity contribution in [1.29, 1.82) is 0 Å². The largest absolute Gasteiger partial charge is 0.472 e. The van der Waals surface area contributed by atoms with Gasteiger partial charge in [0.05, 0.1) is 58.9 Å². The summed E-state index contributed by atoms with van der Waals surface area (Å²) in [5.41, 5.74) is 14.7. The SMILES string of the molecule is NC1=NC=NC2C1N=CN2C1CC(OP(=O)(O)OCC(COP(=O)(O)O)Cc2ccc3ccc4cccc5ccc2c3c45)C(COP(=O)(O)OCC(COP(=O)(O)OC2CC(N3C=NC4C(N)=NC=NC43)OC2COP(=O)(O)OCC(CO)Cc2ccc3ccc4cccc5ccc2c3c45)Cc2ccc3ccc4cccc5ccc2c3c45)O1. The van der Waals surface area contributed by atoms with Gasteiger partial charge in [0.25, 0.3) is 0 Å². The van der Waals surface area contributed by atoms with Crippen LogP contribution in [0.5, 0.6) is 0 Å². The number of phosphoric ester groups is 5. The molecule has 0 aromatic heterocycles. The molecule has 0 saturated carbocycles. The standard InChI is InChI=1S/C80H81N10O23P5/c81-77-75-79(85-41-83-77)89(43-87-75)67-31-63(65(110-67)39-108-115(95,96)104-34-45(33-91)28-57-19-16-54-13-10-48-4-1-7-51-22-25-60(57)72(54)69(48)51)113-118(101,102)107-38-47(30-59-21-18-56-15-12-50-6-3-9-53-24-27-62(59)74(56)71(50)53)36-105-116(97,98)109-40-66-64(32-68(111-66)90-44-88-76-78(82)84-42-86-80(76)90)112-117(99,100)106-37-46(35-103-114(92,93)94)29-58-20-17-55-14-11-49-5-2-8-52-23-26-61(58)73(55)70(49)52/h1-27,41-47,63-68,75-76,79-80,91H,28-40H2,(H,95,96)(H,97,98)(H,99,100)(H,101,102)(H2,81,83,85)(H2,82,84,86)(H2,92,93,94). The molecule has 0 spiro atoms. The molecule has 6 heterocycles. The fourth-order valence-corrected chi connectivity index (χ4v) is 21.2. The normalized spacial score (nSPS) is 24.9. The smallest absolute Gasteiger partial charge is 0.396 e. The van der Waals surface area contributed by atoms with Crippen LogP contribution >= 0.6 is 39.1 Å². The molecule has 2 saturated heterocycles. The number of ether oxygens (including phenoxy) is 2. The third-order valence-electron chi connectivity index (χ3n) is 22.7.